The molecule has 41 heavy (non-hydrogen) atoms. The highest BCUT2D eigenvalue weighted by atomic mass is 16.6. The van der Waals surface area contributed by atoms with E-state index in [0.717, 1.165) is 0 Å². The molecule has 0 bridgehead atoms. The van der Waals surface area contributed by atoms with Crippen molar-refractivity contribution >= 4 is 30.4 Å². The maximum Gasteiger partial charge on any atom is 0.258 e. The zero-order chi connectivity index (χ0) is 30.3. The SMILES string of the molecule is CC(CCC(=O)NC=O)N(C)C(=O)c1c(C=O)cccc1OCC(=O)NCCOCCOCCOCCOCCN. The van der Waals surface area contributed by atoms with Crippen molar-refractivity contribution in [1.82, 2.24) is 15.5 Å². The Morgan fingerprint density at radius 1 is 0.927 bits per heavy atom. The average molecular weight is 583 g/mol. The molecule has 0 aliphatic heterocycles. The van der Waals surface area contributed by atoms with Crippen molar-refractivity contribution < 1.29 is 47.7 Å². The molecule has 1 aromatic carbocycles. The molecule has 4 amide bonds. The standard InChI is InChI=1S/C27H42N4O10/c1-21(6-7-24(34)30-20-33)31(2)27(36)26-22(18-32)4-3-5-23(26)41-19-25(35)29-9-11-38-13-15-40-17-16-39-14-12-37-10-8-28/h3-5,18,20-21H,6-17,19,28H2,1-2H3,(H,29,35)(H,30,33,34). The lowest BCUT2D eigenvalue weighted by atomic mass is 10.0. The summed E-state index contributed by atoms with van der Waals surface area (Å²) in [6.07, 6.45) is 1.16. The minimum Gasteiger partial charge on any atom is -0.483 e. The zero-order valence-corrected chi connectivity index (χ0v) is 23.8. The normalized spacial score (nSPS) is 11.4. The summed E-state index contributed by atoms with van der Waals surface area (Å²) in [6, 6.07) is 4.12. The molecule has 0 fully saturated rings. The lowest BCUT2D eigenvalue weighted by molar-refractivity contribution is -0.125. The van der Waals surface area contributed by atoms with Gasteiger partial charge in [0.15, 0.2) is 12.9 Å². The molecule has 14 nitrogen and oxygen atoms in total. The number of aldehydes is 1. The van der Waals surface area contributed by atoms with Crippen molar-refractivity contribution in [1.29, 1.82) is 0 Å². The number of benzene rings is 1. The molecule has 0 radical (unpaired) electrons. The summed E-state index contributed by atoms with van der Waals surface area (Å²) in [5, 5.41) is 4.70. The number of amides is 4. The third-order valence-corrected chi connectivity index (χ3v) is 5.70. The van der Waals surface area contributed by atoms with Crippen LogP contribution in [0.4, 0.5) is 0 Å². The van der Waals surface area contributed by atoms with Crippen molar-refractivity contribution in [2.75, 3.05) is 79.6 Å². The molecular formula is C27H42N4O10. The Labute approximate surface area is 240 Å². The van der Waals surface area contributed by atoms with Gasteiger partial charge in [-0.25, -0.2) is 0 Å². The lowest BCUT2D eigenvalue weighted by Crippen LogP contribution is -2.37. The molecule has 230 valence electrons. The fourth-order valence-corrected chi connectivity index (χ4v) is 3.35. The second-order valence-corrected chi connectivity index (χ2v) is 8.70. The summed E-state index contributed by atoms with van der Waals surface area (Å²) < 4.78 is 26.9. The van der Waals surface area contributed by atoms with Crippen LogP contribution in [0, 0.1) is 0 Å². The molecule has 1 aromatic rings. The van der Waals surface area contributed by atoms with E-state index in [4.69, 9.17) is 29.4 Å². The van der Waals surface area contributed by atoms with Crippen LogP contribution in [0.25, 0.3) is 0 Å². The third-order valence-electron chi connectivity index (χ3n) is 5.70. The molecule has 0 heterocycles. The van der Waals surface area contributed by atoms with E-state index < -0.39 is 17.7 Å². The highest BCUT2D eigenvalue weighted by Gasteiger charge is 2.24. The topological polar surface area (TPSA) is 185 Å². The van der Waals surface area contributed by atoms with Crippen LogP contribution in [0.5, 0.6) is 5.75 Å². The minimum absolute atomic E-state index is 0.00987. The predicted molar refractivity (Wildman–Crippen MR) is 148 cm³/mol. The van der Waals surface area contributed by atoms with Crippen molar-refractivity contribution in [3.05, 3.63) is 29.3 Å². The third kappa shape index (κ3) is 15.2. The number of rotatable bonds is 24. The highest BCUT2D eigenvalue weighted by molar-refractivity contribution is 6.04. The molecule has 0 aromatic heterocycles. The lowest BCUT2D eigenvalue weighted by Gasteiger charge is -2.26. The summed E-state index contributed by atoms with van der Waals surface area (Å²) in [6.45, 7) is 5.43. The molecule has 0 aliphatic carbocycles. The smallest absolute Gasteiger partial charge is 0.258 e. The first kappa shape index (κ1) is 35.6. The maximum atomic E-state index is 13.2. The first-order valence-electron chi connectivity index (χ1n) is 13.3. The van der Waals surface area contributed by atoms with Gasteiger partial charge in [0.2, 0.25) is 12.3 Å². The number of hydrogen-bond donors (Lipinski definition) is 3. The first-order valence-corrected chi connectivity index (χ1v) is 13.3. The minimum atomic E-state index is -0.509. The van der Waals surface area contributed by atoms with E-state index in [2.05, 4.69) is 5.32 Å². The van der Waals surface area contributed by atoms with E-state index in [-0.39, 0.29) is 55.5 Å². The van der Waals surface area contributed by atoms with E-state index in [9.17, 15) is 24.0 Å². The van der Waals surface area contributed by atoms with Crippen molar-refractivity contribution in [3.63, 3.8) is 0 Å². The van der Waals surface area contributed by atoms with Crippen LogP contribution >= 0.6 is 0 Å². The molecule has 0 spiro atoms. The van der Waals surface area contributed by atoms with Crippen molar-refractivity contribution in [3.8, 4) is 5.75 Å². The number of carbonyl (C=O) groups excluding carboxylic acids is 5. The number of imide groups is 1. The molecule has 0 saturated heterocycles. The summed E-state index contributed by atoms with van der Waals surface area (Å²) in [5.41, 5.74) is 5.43. The second-order valence-electron chi connectivity index (χ2n) is 8.70. The highest BCUT2D eigenvalue weighted by Crippen LogP contribution is 2.24. The van der Waals surface area contributed by atoms with Crippen LogP contribution in [0.3, 0.4) is 0 Å². The molecule has 1 unspecified atom stereocenters. The molecule has 1 atom stereocenters. The monoisotopic (exact) mass is 582 g/mol. The Morgan fingerprint density at radius 3 is 2.12 bits per heavy atom. The zero-order valence-electron chi connectivity index (χ0n) is 23.8. The maximum absolute atomic E-state index is 13.2. The molecule has 14 heteroatoms. The van der Waals surface area contributed by atoms with Gasteiger partial charge in [-0.2, -0.15) is 0 Å². The van der Waals surface area contributed by atoms with Gasteiger partial charge in [-0.1, -0.05) is 12.1 Å². The fourth-order valence-electron chi connectivity index (χ4n) is 3.35. The van der Waals surface area contributed by atoms with E-state index in [1.165, 1.54) is 24.1 Å². The molecule has 0 saturated carbocycles. The Bertz CT molecular complexity index is 947. The molecule has 0 aliphatic rings. The van der Waals surface area contributed by atoms with Crippen LogP contribution in [0.1, 0.15) is 40.5 Å². The van der Waals surface area contributed by atoms with Gasteiger partial charge < -0.3 is 39.6 Å². The average Bonchev–Trinajstić information content (AvgIpc) is 2.98. The van der Waals surface area contributed by atoms with E-state index in [1.54, 1.807) is 13.0 Å². The van der Waals surface area contributed by atoms with Gasteiger partial charge in [0.1, 0.15) is 5.75 Å². The quantitative estimate of drug-likeness (QED) is 0.106. The van der Waals surface area contributed by atoms with Gasteiger partial charge in [0.25, 0.3) is 11.8 Å². The van der Waals surface area contributed by atoms with E-state index in [0.29, 0.717) is 65.5 Å². The van der Waals surface area contributed by atoms with E-state index in [1.807, 2.05) is 5.32 Å². The van der Waals surface area contributed by atoms with Gasteiger partial charge in [-0.05, 0) is 19.4 Å². The Balaban J connectivity index is 2.38. The molecule has 4 N–H and O–H groups in total. The summed E-state index contributed by atoms with van der Waals surface area (Å²) in [7, 11) is 1.53. The van der Waals surface area contributed by atoms with Gasteiger partial charge in [-0.3, -0.25) is 29.3 Å². The Kier molecular flexibility index (Phi) is 19.3. The second kappa shape index (κ2) is 22.3. The summed E-state index contributed by atoms with van der Waals surface area (Å²) >= 11 is 0. The number of nitrogens with two attached hydrogens (primary N) is 1. The van der Waals surface area contributed by atoms with Crippen LogP contribution in [-0.4, -0.2) is 121 Å². The molecular weight excluding hydrogens is 540 g/mol. The summed E-state index contributed by atoms with van der Waals surface area (Å²) in [5.74, 6) is -1.33. The Hall–Kier alpha value is -3.43. The van der Waals surface area contributed by atoms with Crippen LogP contribution in [-0.2, 0) is 33.3 Å². The molecule has 1 rings (SSSR count). The van der Waals surface area contributed by atoms with Gasteiger partial charge in [0.05, 0.1) is 58.4 Å². The largest absolute Gasteiger partial charge is 0.483 e. The number of nitrogens with zero attached hydrogens (tertiary/aromatic N) is 1. The number of hydrogen-bond acceptors (Lipinski definition) is 11. The number of carbonyl (C=O) groups is 5. The number of ether oxygens (including phenoxy) is 5. The summed E-state index contributed by atoms with van der Waals surface area (Å²) in [4.78, 5) is 60.4. The van der Waals surface area contributed by atoms with Gasteiger partial charge >= 0.3 is 0 Å². The first-order chi connectivity index (χ1) is 19.8. The van der Waals surface area contributed by atoms with Crippen molar-refractivity contribution in [2.45, 2.75) is 25.8 Å². The number of nitrogens with one attached hydrogen (secondary N) is 2. The van der Waals surface area contributed by atoms with Gasteiger partial charge in [0, 0.05) is 38.2 Å². The van der Waals surface area contributed by atoms with Crippen LogP contribution < -0.4 is 21.1 Å². The predicted octanol–water partition coefficient (Wildman–Crippen LogP) is -0.467. The van der Waals surface area contributed by atoms with Crippen LogP contribution in [0.2, 0.25) is 0 Å². The van der Waals surface area contributed by atoms with Gasteiger partial charge in [-0.15, -0.1) is 0 Å². The van der Waals surface area contributed by atoms with Crippen LogP contribution in [0.15, 0.2) is 18.2 Å². The fraction of sp³-hybridized carbons (Fsp3) is 0.593. The van der Waals surface area contributed by atoms with E-state index >= 15 is 0 Å². The Morgan fingerprint density at radius 2 is 1.54 bits per heavy atom. The van der Waals surface area contributed by atoms with Crippen molar-refractivity contribution in [2.24, 2.45) is 5.73 Å².